The third kappa shape index (κ3) is 2.66. The molecule has 4 rings (SSSR count). The maximum Gasteiger partial charge on any atom is 0.410 e. The minimum absolute atomic E-state index is 0.0448. The van der Waals surface area contributed by atoms with Crippen LogP contribution in [0.1, 0.15) is 34.2 Å². The Kier molecular flexibility index (Phi) is 3.76. The average Bonchev–Trinajstić information content (AvgIpc) is 3.17. The monoisotopic (exact) mass is 378 g/mol. The minimum atomic E-state index is -4.42. The number of hydrogen-bond donors (Lipinski definition) is 0. The number of amides is 1. The molecule has 1 atom stereocenters. The first kappa shape index (κ1) is 17.5. The van der Waals surface area contributed by atoms with Crippen LogP contribution in [0.2, 0.25) is 0 Å². The van der Waals surface area contributed by atoms with Gasteiger partial charge in [-0.25, -0.2) is 9.67 Å². The van der Waals surface area contributed by atoms with Gasteiger partial charge in [-0.15, -0.1) is 0 Å². The van der Waals surface area contributed by atoms with Crippen molar-refractivity contribution in [1.29, 1.82) is 0 Å². The van der Waals surface area contributed by atoms with E-state index in [2.05, 4.69) is 15.2 Å². The van der Waals surface area contributed by atoms with E-state index in [9.17, 15) is 18.0 Å². The number of carbonyl (C=O) groups excluding carboxylic acids is 1. The lowest BCUT2D eigenvalue weighted by Gasteiger charge is -2.34. The van der Waals surface area contributed by atoms with Gasteiger partial charge in [-0.3, -0.25) is 14.4 Å². The summed E-state index contributed by atoms with van der Waals surface area (Å²) >= 11 is 0. The van der Waals surface area contributed by atoms with Crippen LogP contribution < -0.4 is 4.90 Å². The average molecular weight is 378 g/mol. The van der Waals surface area contributed by atoms with Crippen LogP contribution >= 0.6 is 0 Å². The minimum Gasteiger partial charge on any atom is -0.293 e. The van der Waals surface area contributed by atoms with Crippen molar-refractivity contribution >= 4 is 22.8 Å². The maximum atomic E-state index is 13.3. The van der Waals surface area contributed by atoms with Crippen LogP contribution in [0.4, 0.5) is 19.0 Å². The van der Waals surface area contributed by atoms with E-state index in [4.69, 9.17) is 0 Å². The molecular formula is C17H17F3N6O. The van der Waals surface area contributed by atoms with Gasteiger partial charge in [-0.05, 0) is 26.3 Å². The molecule has 10 heteroatoms. The van der Waals surface area contributed by atoms with Gasteiger partial charge in [0.05, 0.1) is 22.8 Å². The fourth-order valence-electron chi connectivity index (χ4n) is 3.64. The van der Waals surface area contributed by atoms with Crippen molar-refractivity contribution in [3.8, 4) is 0 Å². The van der Waals surface area contributed by atoms with Gasteiger partial charge >= 0.3 is 6.18 Å². The first-order chi connectivity index (χ1) is 12.7. The van der Waals surface area contributed by atoms with Gasteiger partial charge in [0.15, 0.2) is 11.7 Å². The number of carbonyl (C=O) groups is 1. The Bertz CT molecular complexity index is 1050. The van der Waals surface area contributed by atoms with E-state index >= 15 is 0 Å². The Labute approximate surface area is 152 Å². The molecule has 0 saturated heterocycles. The number of alkyl halides is 3. The number of hydrogen-bond acceptors (Lipinski definition) is 4. The van der Waals surface area contributed by atoms with Crippen LogP contribution in [0.5, 0.6) is 0 Å². The number of nitrogens with zero attached hydrogens (tertiary/aromatic N) is 6. The summed E-state index contributed by atoms with van der Waals surface area (Å²) in [5.41, 5.74) is 2.21. The summed E-state index contributed by atoms with van der Waals surface area (Å²) in [6.45, 7) is 3.49. The summed E-state index contributed by atoms with van der Waals surface area (Å²) < 4.78 is 42.3. The number of halogens is 3. The van der Waals surface area contributed by atoms with Crippen LogP contribution in [0.15, 0.2) is 18.3 Å². The summed E-state index contributed by atoms with van der Waals surface area (Å²) in [5.74, 6) is -0.248. The highest BCUT2D eigenvalue weighted by molar-refractivity contribution is 6.13. The van der Waals surface area contributed by atoms with Crippen LogP contribution in [0.25, 0.3) is 11.0 Å². The quantitative estimate of drug-likeness (QED) is 0.653. The second-order valence-electron chi connectivity index (χ2n) is 6.66. The Morgan fingerprint density at radius 1 is 1.30 bits per heavy atom. The number of rotatable bonds is 1. The zero-order chi connectivity index (χ0) is 19.5. The van der Waals surface area contributed by atoms with Crippen molar-refractivity contribution in [2.24, 2.45) is 7.05 Å². The van der Waals surface area contributed by atoms with Crippen LogP contribution in [0, 0.1) is 13.8 Å². The van der Waals surface area contributed by atoms with Gasteiger partial charge < -0.3 is 0 Å². The molecule has 3 aromatic heterocycles. The molecule has 0 spiro atoms. The second-order valence-corrected chi connectivity index (χ2v) is 6.66. The molecule has 0 fully saturated rings. The predicted octanol–water partition coefficient (Wildman–Crippen LogP) is 2.94. The SMILES string of the molecule is Cc1cc(C(=O)N2CC[C@@H](C(F)(F)F)n3nccc32)c2c(C)nn(C)c2n1. The molecule has 4 heterocycles. The molecule has 1 aliphatic rings. The van der Waals surface area contributed by atoms with Crippen molar-refractivity contribution in [1.82, 2.24) is 24.5 Å². The molecule has 7 nitrogen and oxygen atoms in total. The zero-order valence-corrected chi connectivity index (χ0v) is 14.9. The van der Waals surface area contributed by atoms with Crippen molar-refractivity contribution in [3.05, 3.63) is 35.3 Å². The fourth-order valence-corrected chi connectivity index (χ4v) is 3.64. The number of aryl methyl sites for hydroxylation is 3. The largest absolute Gasteiger partial charge is 0.410 e. The second kappa shape index (κ2) is 5.80. The Hall–Kier alpha value is -2.91. The van der Waals surface area contributed by atoms with Crippen LogP contribution in [-0.4, -0.2) is 43.2 Å². The number of fused-ring (bicyclic) bond motifs is 2. The lowest BCUT2D eigenvalue weighted by atomic mass is 10.1. The van der Waals surface area contributed by atoms with E-state index in [1.54, 1.807) is 31.6 Å². The smallest absolute Gasteiger partial charge is 0.293 e. The van der Waals surface area contributed by atoms with E-state index in [1.807, 2.05) is 0 Å². The highest BCUT2D eigenvalue weighted by Crippen LogP contribution is 2.39. The summed E-state index contributed by atoms with van der Waals surface area (Å²) in [6, 6.07) is 1.35. The molecule has 0 saturated carbocycles. The first-order valence-corrected chi connectivity index (χ1v) is 8.41. The number of anilines is 1. The first-order valence-electron chi connectivity index (χ1n) is 8.41. The van der Waals surface area contributed by atoms with Crippen LogP contribution in [0.3, 0.4) is 0 Å². The Morgan fingerprint density at radius 2 is 2.04 bits per heavy atom. The normalized spacial score (nSPS) is 17.4. The molecular weight excluding hydrogens is 361 g/mol. The molecule has 0 unspecified atom stereocenters. The molecule has 142 valence electrons. The van der Waals surface area contributed by atoms with Gasteiger partial charge in [-0.2, -0.15) is 23.4 Å². The Morgan fingerprint density at radius 3 is 2.74 bits per heavy atom. The van der Waals surface area contributed by atoms with Gasteiger partial charge in [0, 0.05) is 25.4 Å². The van der Waals surface area contributed by atoms with Gasteiger partial charge in [-0.1, -0.05) is 0 Å². The van der Waals surface area contributed by atoms with E-state index in [0.29, 0.717) is 28.0 Å². The van der Waals surface area contributed by atoms with E-state index < -0.39 is 12.2 Å². The standard InChI is InChI=1S/C17H17F3N6O/c1-9-8-11(14-10(2)23-24(3)15(14)22-9)16(27)25-7-5-12(17(18,19)20)26-13(25)4-6-21-26/h4,6,8,12H,5,7H2,1-3H3/t12-/m0/s1. The third-order valence-electron chi connectivity index (χ3n) is 4.80. The summed E-state index contributed by atoms with van der Waals surface area (Å²) in [5, 5.41) is 8.73. The lowest BCUT2D eigenvalue weighted by molar-refractivity contribution is -0.172. The van der Waals surface area contributed by atoms with Crippen molar-refractivity contribution < 1.29 is 18.0 Å². The summed E-state index contributed by atoms with van der Waals surface area (Å²) in [6.07, 6.45) is -3.39. The highest BCUT2D eigenvalue weighted by atomic mass is 19.4. The molecule has 0 radical (unpaired) electrons. The van der Waals surface area contributed by atoms with E-state index in [1.165, 1.54) is 17.2 Å². The topological polar surface area (TPSA) is 68.8 Å². The maximum absolute atomic E-state index is 13.3. The summed E-state index contributed by atoms with van der Waals surface area (Å²) in [4.78, 5) is 19.1. The van der Waals surface area contributed by atoms with Crippen molar-refractivity contribution in [2.75, 3.05) is 11.4 Å². The molecule has 0 bridgehead atoms. The van der Waals surface area contributed by atoms with Crippen LogP contribution in [-0.2, 0) is 7.05 Å². The number of aromatic nitrogens is 5. The molecule has 27 heavy (non-hydrogen) atoms. The van der Waals surface area contributed by atoms with E-state index in [-0.39, 0.29) is 24.7 Å². The molecule has 0 aliphatic carbocycles. The zero-order valence-electron chi connectivity index (χ0n) is 14.9. The lowest BCUT2D eigenvalue weighted by Crippen LogP contribution is -2.43. The summed E-state index contributed by atoms with van der Waals surface area (Å²) in [7, 11) is 1.74. The highest BCUT2D eigenvalue weighted by Gasteiger charge is 2.46. The molecule has 0 aromatic carbocycles. The fraction of sp³-hybridized carbons (Fsp3) is 0.412. The van der Waals surface area contributed by atoms with Gasteiger partial charge in [0.1, 0.15) is 5.82 Å². The molecule has 1 amide bonds. The van der Waals surface area contributed by atoms with Crippen molar-refractivity contribution in [3.63, 3.8) is 0 Å². The molecule has 0 N–H and O–H groups in total. The third-order valence-corrected chi connectivity index (χ3v) is 4.80. The number of pyridine rings is 1. The van der Waals surface area contributed by atoms with Gasteiger partial charge in [0.2, 0.25) is 0 Å². The van der Waals surface area contributed by atoms with Gasteiger partial charge in [0.25, 0.3) is 5.91 Å². The Balaban J connectivity index is 1.82. The van der Waals surface area contributed by atoms with E-state index in [0.717, 1.165) is 4.68 Å². The molecule has 1 aliphatic heterocycles. The predicted molar refractivity (Wildman–Crippen MR) is 91.6 cm³/mol. The van der Waals surface area contributed by atoms with Crippen molar-refractivity contribution in [2.45, 2.75) is 32.5 Å². The molecule has 3 aromatic rings.